The summed E-state index contributed by atoms with van der Waals surface area (Å²) in [4.78, 5) is 0. The minimum atomic E-state index is 0.556. The molecule has 0 aliphatic rings. The Morgan fingerprint density at radius 3 is 1.36 bits per heavy atom. The second-order valence-corrected chi connectivity index (χ2v) is 6.05. The van der Waals surface area contributed by atoms with E-state index in [-0.39, 0.29) is 0 Å². The van der Waals surface area contributed by atoms with Crippen LogP contribution in [0.2, 0.25) is 0 Å². The molecule has 0 bridgehead atoms. The van der Waals surface area contributed by atoms with Crippen LogP contribution in [0.1, 0.15) is 30.4 Å². The van der Waals surface area contributed by atoms with E-state index in [0.29, 0.717) is 13.2 Å². The molecule has 0 aliphatic carbocycles. The van der Waals surface area contributed by atoms with Gasteiger partial charge in [0.1, 0.15) is 24.7 Å². The van der Waals surface area contributed by atoms with Gasteiger partial charge in [-0.25, -0.2) is 0 Å². The van der Waals surface area contributed by atoms with Gasteiger partial charge in [-0.3, -0.25) is 0 Å². The first kappa shape index (κ1) is 18.9. The summed E-state index contributed by atoms with van der Waals surface area (Å²) < 4.78 is 11.0. The van der Waals surface area contributed by atoms with Crippen molar-refractivity contribution in [1.29, 1.82) is 0 Å². The summed E-state index contributed by atoms with van der Waals surface area (Å²) in [7, 11) is 0. The van der Waals surface area contributed by atoms with Crippen LogP contribution in [0.4, 0.5) is 0 Å². The van der Waals surface area contributed by atoms with Crippen molar-refractivity contribution in [2.75, 3.05) is 13.2 Å². The first-order valence-electron chi connectivity index (χ1n) is 8.97. The Labute approximate surface area is 151 Å². The summed E-state index contributed by atoms with van der Waals surface area (Å²) in [6.07, 6.45) is 9.43. The lowest BCUT2D eigenvalue weighted by atomic mass is 10.0. The second kappa shape index (κ2) is 11.1. The van der Waals surface area contributed by atoms with Crippen LogP contribution in [0.25, 0.3) is 0 Å². The van der Waals surface area contributed by atoms with Crippen LogP contribution < -0.4 is 9.47 Å². The average molecular weight is 336 g/mol. The fourth-order valence-corrected chi connectivity index (χ4v) is 2.65. The molecule has 0 radical (unpaired) electrons. The lowest BCUT2D eigenvalue weighted by molar-refractivity contribution is 0.363. The monoisotopic (exact) mass is 336 g/mol. The van der Waals surface area contributed by atoms with Crippen LogP contribution in [-0.2, 0) is 12.8 Å². The highest BCUT2D eigenvalue weighted by atomic mass is 16.5. The lowest BCUT2D eigenvalue weighted by Crippen LogP contribution is -1.94. The molecule has 0 heterocycles. The highest BCUT2D eigenvalue weighted by molar-refractivity contribution is 5.28. The fourth-order valence-electron chi connectivity index (χ4n) is 2.65. The van der Waals surface area contributed by atoms with E-state index in [1.54, 1.807) is 12.2 Å². The van der Waals surface area contributed by atoms with Crippen molar-refractivity contribution in [3.05, 3.63) is 85.0 Å². The molecule has 0 aromatic heterocycles. The van der Waals surface area contributed by atoms with Crippen molar-refractivity contribution in [3.8, 4) is 11.5 Å². The highest BCUT2D eigenvalue weighted by Crippen LogP contribution is 2.16. The topological polar surface area (TPSA) is 18.5 Å². The van der Waals surface area contributed by atoms with E-state index in [9.17, 15) is 0 Å². The van der Waals surface area contributed by atoms with Gasteiger partial charge in [0.05, 0.1) is 0 Å². The number of aryl methyl sites for hydroxylation is 2. The summed E-state index contributed by atoms with van der Waals surface area (Å²) in [5, 5.41) is 0. The number of hydrogen-bond donors (Lipinski definition) is 0. The predicted molar refractivity (Wildman–Crippen MR) is 106 cm³/mol. The molecule has 0 amide bonds. The normalized spacial score (nSPS) is 10.2. The van der Waals surface area contributed by atoms with Gasteiger partial charge < -0.3 is 9.47 Å². The molecule has 0 N–H and O–H groups in total. The molecule has 0 spiro atoms. The Kier molecular flexibility index (Phi) is 8.40. The van der Waals surface area contributed by atoms with Gasteiger partial charge >= 0.3 is 0 Å². The molecule has 0 fully saturated rings. The number of benzene rings is 2. The predicted octanol–water partition coefficient (Wildman–Crippen LogP) is 5.77. The summed E-state index contributed by atoms with van der Waals surface area (Å²) in [5.74, 6) is 1.81. The number of rotatable bonds is 12. The summed E-state index contributed by atoms with van der Waals surface area (Å²) in [6.45, 7) is 8.42. The molecule has 0 unspecified atom stereocenters. The van der Waals surface area contributed by atoms with E-state index in [1.807, 2.05) is 24.3 Å². The van der Waals surface area contributed by atoms with Gasteiger partial charge in [0.25, 0.3) is 0 Å². The van der Waals surface area contributed by atoms with Crippen molar-refractivity contribution >= 4 is 0 Å². The van der Waals surface area contributed by atoms with Gasteiger partial charge in [-0.05, 0) is 61.1 Å². The van der Waals surface area contributed by atoms with Crippen LogP contribution in [0, 0.1) is 0 Å². The zero-order chi connectivity index (χ0) is 17.7. The minimum Gasteiger partial charge on any atom is -0.490 e. The van der Waals surface area contributed by atoms with Crippen molar-refractivity contribution in [3.63, 3.8) is 0 Å². The Bertz CT molecular complexity index is 569. The first-order chi connectivity index (χ1) is 12.3. The quantitative estimate of drug-likeness (QED) is 0.362. The molecule has 0 saturated carbocycles. The molecule has 25 heavy (non-hydrogen) atoms. The molecule has 0 saturated heterocycles. The maximum atomic E-state index is 5.50. The number of unbranched alkanes of at least 4 members (excludes halogenated alkanes) is 2. The van der Waals surface area contributed by atoms with E-state index in [1.165, 1.54) is 30.4 Å². The summed E-state index contributed by atoms with van der Waals surface area (Å²) in [5.41, 5.74) is 2.74. The molecular weight excluding hydrogens is 308 g/mol. The molecule has 0 atom stereocenters. The third kappa shape index (κ3) is 7.30. The number of ether oxygens (including phenoxy) is 2. The lowest BCUT2D eigenvalue weighted by Gasteiger charge is -2.06. The Morgan fingerprint density at radius 1 is 0.600 bits per heavy atom. The maximum absolute atomic E-state index is 5.50. The van der Waals surface area contributed by atoms with Crippen LogP contribution in [0.3, 0.4) is 0 Å². The van der Waals surface area contributed by atoms with E-state index >= 15 is 0 Å². The van der Waals surface area contributed by atoms with Gasteiger partial charge in [0.2, 0.25) is 0 Å². The Balaban J connectivity index is 1.62. The van der Waals surface area contributed by atoms with Crippen LogP contribution in [0.15, 0.2) is 73.8 Å². The third-order valence-electron chi connectivity index (χ3n) is 4.01. The molecule has 132 valence electrons. The Hall–Kier alpha value is -2.48. The van der Waals surface area contributed by atoms with E-state index in [2.05, 4.69) is 37.4 Å². The molecule has 2 aromatic rings. The van der Waals surface area contributed by atoms with E-state index in [0.717, 1.165) is 24.3 Å². The highest BCUT2D eigenvalue weighted by Gasteiger charge is 1.98. The van der Waals surface area contributed by atoms with Gasteiger partial charge in [-0.1, -0.05) is 56.0 Å². The molecule has 2 nitrogen and oxygen atoms in total. The second-order valence-electron chi connectivity index (χ2n) is 6.05. The maximum Gasteiger partial charge on any atom is 0.119 e. The molecule has 2 aromatic carbocycles. The Morgan fingerprint density at radius 2 is 1.00 bits per heavy atom. The zero-order valence-corrected chi connectivity index (χ0v) is 15.0. The van der Waals surface area contributed by atoms with Gasteiger partial charge in [-0.2, -0.15) is 0 Å². The standard InChI is InChI=1S/C23H28O2/c1-3-18-24-22-14-10-20(11-15-22)8-6-5-7-9-21-12-16-23(17-13-21)25-19-4-2/h3-4,10-17H,1-2,5-9,18-19H2. The van der Waals surface area contributed by atoms with Gasteiger partial charge in [0.15, 0.2) is 0 Å². The first-order valence-corrected chi connectivity index (χ1v) is 8.97. The van der Waals surface area contributed by atoms with Crippen LogP contribution in [0.5, 0.6) is 11.5 Å². The smallest absolute Gasteiger partial charge is 0.119 e. The van der Waals surface area contributed by atoms with Crippen LogP contribution in [-0.4, -0.2) is 13.2 Å². The van der Waals surface area contributed by atoms with Crippen molar-refractivity contribution in [2.45, 2.75) is 32.1 Å². The minimum absolute atomic E-state index is 0.556. The van der Waals surface area contributed by atoms with Crippen molar-refractivity contribution in [2.24, 2.45) is 0 Å². The average Bonchev–Trinajstić information content (AvgIpc) is 2.66. The summed E-state index contributed by atoms with van der Waals surface area (Å²) in [6, 6.07) is 16.8. The fraction of sp³-hybridized carbons (Fsp3) is 0.304. The zero-order valence-electron chi connectivity index (χ0n) is 15.0. The molecule has 0 aliphatic heterocycles. The van der Waals surface area contributed by atoms with Crippen molar-refractivity contribution in [1.82, 2.24) is 0 Å². The largest absolute Gasteiger partial charge is 0.490 e. The SMILES string of the molecule is C=CCOc1ccc(CCCCCc2ccc(OCC=C)cc2)cc1. The van der Waals surface area contributed by atoms with Crippen LogP contribution >= 0.6 is 0 Å². The summed E-state index contributed by atoms with van der Waals surface area (Å²) >= 11 is 0. The van der Waals surface area contributed by atoms with Gasteiger partial charge in [-0.15, -0.1) is 0 Å². The third-order valence-corrected chi connectivity index (χ3v) is 4.01. The van der Waals surface area contributed by atoms with E-state index in [4.69, 9.17) is 9.47 Å². The van der Waals surface area contributed by atoms with E-state index < -0.39 is 0 Å². The molecule has 2 heteroatoms. The molecular formula is C23H28O2. The van der Waals surface area contributed by atoms with Gasteiger partial charge in [0, 0.05) is 0 Å². The number of hydrogen-bond acceptors (Lipinski definition) is 2. The van der Waals surface area contributed by atoms with Crippen molar-refractivity contribution < 1.29 is 9.47 Å². The molecule has 2 rings (SSSR count).